The highest BCUT2D eigenvalue weighted by Gasteiger charge is 2.01. The zero-order valence-electron chi connectivity index (χ0n) is 11.2. The summed E-state index contributed by atoms with van der Waals surface area (Å²) in [6, 6.07) is 9.64. The summed E-state index contributed by atoms with van der Waals surface area (Å²) in [4.78, 5) is 10.9. The highest BCUT2D eigenvalue weighted by Crippen LogP contribution is 2.14. The Morgan fingerprint density at radius 3 is 2.53 bits per heavy atom. The molecule has 2 aromatic rings. The third-order valence-electron chi connectivity index (χ3n) is 2.78. The molecule has 2 rings (SSSR count). The summed E-state index contributed by atoms with van der Waals surface area (Å²) in [5.41, 5.74) is 2.96. The van der Waals surface area contributed by atoms with Gasteiger partial charge in [-0.3, -0.25) is 9.48 Å². The number of rotatable bonds is 5. The summed E-state index contributed by atoms with van der Waals surface area (Å²) in [5.74, 6) is -0.0624. The minimum absolute atomic E-state index is 0.0624. The van der Waals surface area contributed by atoms with Gasteiger partial charge in [0, 0.05) is 31.0 Å². The Morgan fingerprint density at radius 1 is 1.21 bits per heavy atom. The van der Waals surface area contributed by atoms with Gasteiger partial charge in [-0.15, -0.1) is 0 Å². The number of hydrogen-bond acceptors (Lipinski definition) is 3. The first-order valence-electron chi connectivity index (χ1n) is 6.31. The third kappa shape index (κ3) is 3.58. The number of nitrogens with zero attached hydrogens (tertiary/aromatic N) is 2. The van der Waals surface area contributed by atoms with Crippen LogP contribution in [0.5, 0.6) is 0 Å². The lowest BCUT2D eigenvalue weighted by molar-refractivity contribution is -0.114. The van der Waals surface area contributed by atoms with Gasteiger partial charge in [0.25, 0.3) is 0 Å². The maximum atomic E-state index is 10.9. The maximum Gasteiger partial charge on any atom is 0.221 e. The van der Waals surface area contributed by atoms with Crippen LogP contribution in [0.25, 0.3) is 0 Å². The molecule has 2 N–H and O–H groups in total. The molecule has 0 aliphatic rings. The Hall–Kier alpha value is -2.30. The molecule has 5 heteroatoms. The van der Waals surface area contributed by atoms with Gasteiger partial charge in [0.05, 0.1) is 12.2 Å². The van der Waals surface area contributed by atoms with Gasteiger partial charge >= 0.3 is 0 Å². The molecule has 0 saturated heterocycles. The average Bonchev–Trinajstić information content (AvgIpc) is 2.84. The van der Waals surface area contributed by atoms with E-state index in [4.69, 9.17) is 0 Å². The maximum absolute atomic E-state index is 10.9. The monoisotopic (exact) mass is 258 g/mol. The molecule has 5 nitrogen and oxygen atoms in total. The standard InChI is InChI=1S/C14H18N4O/c1-3-18-14(8-9-16-18)10-15-12-4-6-13(7-5-12)17-11(2)19/h4-9,15H,3,10H2,1-2H3,(H,17,19). The fourth-order valence-corrected chi connectivity index (χ4v) is 1.86. The second kappa shape index (κ2) is 6.04. The van der Waals surface area contributed by atoms with Crippen molar-refractivity contribution >= 4 is 17.3 Å². The fraction of sp³-hybridized carbons (Fsp3) is 0.286. The van der Waals surface area contributed by atoms with E-state index in [-0.39, 0.29) is 5.91 Å². The van der Waals surface area contributed by atoms with E-state index in [2.05, 4.69) is 22.7 Å². The molecule has 0 spiro atoms. The van der Waals surface area contributed by atoms with E-state index in [9.17, 15) is 4.79 Å². The molecule has 0 aliphatic carbocycles. The molecule has 19 heavy (non-hydrogen) atoms. The van der Waals surface area contributed by atoms with Crippen molar-refractivity contribution in [1.29, 1.82) is 0 Å². The number of nitrogens with one attached hydrogen (secondary N) is 2. The van der Waals surface area contributed by atoms with Crippen molar-refractivity contribution in [2.75, 3.05) is 10.6 Å². The Bertz CT molecular complexity index is 545. The van der Waals surface area contributed by atoms with Gasteiger partial charge in [0.15, 0.2) is 0 Å². The van der Waals surface area contributed by atoms with Crippen molar-refractivity contribution in [2.24, 2.45) is 0 Å². The van der Waals surface area contributed by atoms with Crippen LogP contribution in [0.4, 0.5) is 11.4 Å². The quantitative estimate of drug-likeness (QED) is 0.866. The zero-order chi connectivity index (χ0) is 13.7. The van der Waals surface area contributed by atoms with Gasteiger partial charge in [0.2, 0.25) is 5.91 Å². The highest BCUT2D eigenvalue weighted by atomic mass is 16.1. The fourth-order valence-electron chi connectivity index (χ4n) is 1.86. The van der Waals surface area contributed by atoms with Crippen LogP contribution in [0.1, 0.15) is 19.5 Å². The van der Waals surface area contributed by atoms with E-state index in [1.165, 1.54) is 6.92 Å². The smallest absolute Gasteiger partial charge is 0.221 e. The van der Waals surface area contributed by atoms with Crippen LogP contribution >= 0.6 is 0 Å². The Labute approximate surface area is 112 Å². The summed E-state index contributed by atoms with van der Waals surface area (Å²) in [5, 5.41) is 10.3. The van der Waals surface area contributed by atoms with Gasteiger partial charge in [-0.2, -0.15) is 5.10 Å². The lowest BCUT2D eigenvalue weighted by Crippen LogP contribution is -2.08. The predicted molar refractivity (Wildman–Crippen MR) is 76.0 cm³/mol. The molecule has 1 heterocycles. The first-order chi connectivity index (χ1) is 9.19. The molecule has 1 aromatic heterocycles. The van der Waals surface area contributed by atoms with E-state index in [0.29, 0.717) is 0 Å². The second-order valence-corrected chi connectivity index (χ2v) is 4.25. The number of anilines is 2. The number of hydrogen-bond donors (Lipinski definition) is 2. The second-order valence-electron chi connectivity index (χ2n) is 4.25. The lowest BCUT2D eigenvalue weighted by Gasteiger charge is -2.09. The van der Waals surface area contributed by atoms with E-state index < -0.39 is 0 Å². The van der Waals surface area contributed by atoms with Crippen LogP contribution in [-0.4, -0.2) is 15.7 Å². The van der Waals surface area contributed by atoms with Crippen LogP contribution in [0, 0.1) is 0 Å². The normalized spacial score (nSPS) is 10.2. The number of carbonyl (C=O) groups excluding carboxylic acids is 1. The molecule has 0 saturated carbocycles. The van der Waals surface area contributed by atoms with Crippen molar-refractivity contribution in [3.63, 3.8) is 0 Å². The molecular formula is C14H18N4O. The number of amides is 1. The summed E-state index contributed by atoms with van der Waals surface area (Å²) >= 11 is 0. The van der Waals surface area contributed by atoms with Gasteiger partial charge in [0.1, 0.15) is 0 Å². The summed E-state index contributed by atoms with van der Waals surface area (Å²) in [6.45, 7) is 5.16. The topological polar surface area (TPSA) is 59.0 Å². The number of benzene rings is 1. The molecule has 0 unspecified atom stereocenters. The number of carbonyl (C=O) groups is 1. The lowest BCUT2D eigenvalue weighted by atomic mass is 10.2. The van der Waals surface area contributed by atoms with Crippen LogP contribution < -0.4 is 10.6 Å². The molecule has 0 bridgehead atoms. The van der Waals surface area contributed by atoms with Crippen LogP contribution in [0.2, 0.25) is 0 Å². The Balaban J connectivity index is 1.94. The number of aromatic nitrogens is 2. The molecule has 0 atom stereocenters. The zero-order valence-corrected chi connectivity index (χ0v) is 11.2. The Kier molecular flexibility index (Phi) is 4.18. The molecule has 0 radical (unpaired) electrons. The van der Waals surface area contributed by atoms with E-state index in [1.54, 1.807) is 6.20 Å². The van der Waals surface area contributed by atoms with Crippen LogP contribution in [0.15, 0.2) is 36.5 Å². The average molecular weight is 258 g/mol. The summed E-state index contributed by atoms with van der Waals surface area (Å²) in [7, 11) is 0. The van der Waals surface area contributed by atoms with E-state index in [0.717, 1.165) is 30.2 Å². The molecule has 100 valence electrons. The predicted octanol–water partition coefficient (Wildman–Crippen LogP) is 2.47. The minimum Gasteiger partial charge on any atom is -0.379 e. The molecule has 1 aromatic carbocycles. The van der Waals surface area contributed by atoms with Gasteiger partial charge in [-0.1, -0.05) is 0 Å². The molecular weight excluding hydrogens is 240 g/mol. The summed E-state index contributed by atoms with van der Waals surface area (Å²) in [6.07, 6.45) is 1.81. The molecule has 0 aliphatic heterocycles. The van der Waals surface area contributed by atoms with Crippen molar-refractivity contribution in [2.45, 2.75) is 26.9 Å². The first kappa shape index (κ1) is 13.1. The SMILES string of the molecule is CCn1nccc1CNc1ccc(NC(C)=O)cc1. The Morgan fingerprint density at radius 2 is 1.89 bits per heavy atom. The minimum atomic E-state index is -0.0624. The molecule has 0 fully saturated rings. The third-order valence-corrected chi connectivity index (χ3v) is 2.78. The van der Waals surface area contributed by atoms with Crippen LogP contribution in [0.3, 0.4) is 0 Å². The number of aryl methyl sites for hydroxylation is 1. The van der Waals surface area contributed by atoms with Crippen molar-refractivity contribution in [1.82, 2.24) is 9.78 Å². The van der Waals surface area contributed by atoms with E-state index in [1.807, 2.05) is 35.0 Å². The van der Waals surface area contributed by atoms with E-state index >= 15 is 0 Å². The van der Waals surface area contributed by atoms with Crippen molar-refractivity contribution in [3.8, 4) is 0 Å². The van der Waals surface area contributed by atoms with Crippen LogP contribution in [-0.2, 0) is 17.9 Å². The highest BCUT2D eigenvalue weighted by molar-refractivity contribution is 5.88. The molecule has 1 amide bonds. The van der Waals surface area contributed by atoms with Gasteiger partial charge in [-0.25, -0.2) is 0 Å². The van der Waals surface area contributed by atoms with Crippen molar-refractivity contribution in [3.05, 3.63) is 42.2 Å². The van der Waals surface area contributed by atoms with Gasteiger partial charge in [-0.05, 0) is 37.3 Å². The summed E-state index contributed by atoms with van der Waals surface area (Å²) < 4.78 is 1.96. The van der Waals surface area contributed by atoms with Gasteiger partial charge < -0.3 is 10.6 Å². The van der Waals surface area contributed by atoms with Crippen molar-refractivity contribution < 1.29 is 4.79 Å². The first-order valence-corrected chi connectivity index (χ1v) is 6.31. The largest absolute Gasteiger partial charge is 0.379 e.